The molecule has 3 aromatic rings. The first kappa shape index (κ1) is 14.6. The molecule has 22 heavy (non-hydrogen) atoms. The van der Waals surface area contributed by atoms with Gasteiger partial charge in [-0.15, -0.1) is 11.3 Å². The van der Waals surface area contributed by atoms with Crippen LogP contribution in [-0.2, 0) is 17.8 Å². The molecule has 3 N–H and O–H groups in total. The standard InChI is InChI=1S/C14H16N6OS/c1-8-17-10-4-3-9(5-11(10)22-8)20-14(7-16-2)18-13(19-20)6-12(15)21/h3-5,16H,6-7H2,1-2H3,(H2,15,21). The summed E-state index contributed by atoms with van der Waals surface area (Å²) in [5, 5.41) is 8.48. The Hall–Kier alpha value is -2.32. The van der Waals surface area contributed by atoms with Crippen molar-refractivity contribution in [1.82, 2.24) is 25.1 Å². The number of rotatable bonds is 5. The van der Waals surface area contributed by atoms with E-state index in [2.05, 4.69) is 20.4 Å². The summed E-state index contributed by atoms with van der Waals surface area (Å²) in [6.07, 6.45) is 0.0334. The van der Waals surface area contributed by atoms with Crippen LogP contribution in [0.3, 0.4) is 0 Å². The number of aromatic nitrogens is 4. The normalized spacial score (nSPS) is 11.2. The predicted octanol–water partition coefficient (Wildman–Crippen LogP) is 0.933. The van der Waals surface area contributed by atoms with Crippen molar-refractivity contribution in [2.24, 2.45) is 5.73 Å². The first-order chi connectivity index (χ1) is 10.6. The largest absolute Gasteiger partial charge is 0.369 e. The highest BCUT2D eigenvalue weighted by Crippen LogP contribution is 2.24. The summed E-state index contributed by atoms with van der Waals surface area (Å²) in [6, 6.07) is 5.94. The SMILES string of the molecule is CNCc1nc(CC(N)=O)nn1-c1ccc2nc(C)sc2c1. The Bertz CT molecular complexity index is 837. The van der Waals surface area contributed by atoms with Crippen molar-refractivity contribution in [2.45, 2.75) is 19.9 Å². The summed E-state index contributed by atoms with van der Waals surface area (Å²) in [6.45, 7) is 2.53. The van der Waals surface area contributed by atoms with E-state index in [1.165, 1.54) is 0 Å². The summed E-state index contributed by atoms with van der Waals surface area (Å²) in [4.78, 5) is 19.9. The van der Waals surface area contributed by atoms with Crippen molar-refractivity contribution in [3.8, 4) is 5.69 Å². The van der Waals surface area contributed by atoms with Crippen LogP contribution in [0.5, 0.6) is 0 Å². The van der Waals surface area contributed by atoms with Crippen LogP contribution >= 0.6 is 11.3 Å². The molecule has 2 aromatic heterocycles. The van der Waals surface area contributed by atoms with Gasteiger partial charge in [0.1, 0.15) is 5.82 Å². The van der Waals surface area contributed by atoms with E-state index in [1.807, 2.05) is 32.2 Å². The summed E-state index contributed by atoms with van der Waals surface area (Å²) >= 11 is 1.64. The average Bonchev–Trinajstić information content (AvgIpc) is 3.00. The van der Waals surface area contributed by atoms with Crippen molar-refractivity contribution in [1.29, 1.82) is 0 Å². The molecule has 7 nitrogen and oxygen atoms in total. The number of nitrogens with zero attached hydrogens (tertiary/aromatic N) is 4. The lowest BCUT2D eigenvalue weighted by molar-refractivity contribution is -0.117. The number of carbonyl (C=O) groups is 1. The molecule has 0 aliphatic carbocycles. The Morgan fingerprint density at radius 2 is 2.23 bits per heavy atom. The van der Waals surface area contributed by atoms with Gasteiger partial charge in [-0.3, -0.25) is 4.79 Å². The fraction of sp³-hybridized carbons (Fsp3) is 0.286. The number of thiazole rings is 1. The number of nitrogens with one attached hydrogen (secondary N) is 1. The molecule has 2 heterocycles. The topological polar surface area (TPSA) is 98.7 Å². The van der Waals surface area contributed by atoms with E-state index in [9.17, 15) is 4.79 Å². The van der Waals surface area contributed by atoms with E-state index < -0.39 is 5.91 Å². The van der Waals surface area contributed by atoms with Crippen LogP contribution in [0.1, 0.15) is 16.7 Å². The number of amides is 1. The van der Waals surface area contributed by atoms with E-state index in [4.69, 9.17) is 5.73 Å². The molecule has 0 radical (unpaired) electrons. The van der Waals surface area contributed by atoms with Crippen LogP contribution < -0.4 is 11.1 Å². The van der Waals surface area contributed by atoms with Crippen molar-refractivity contribution in [3.63, 3.8) is 0 Å². The maximum Gasteiger partial charge on any atom is 0.225 e. The Morgan fingerprint density at radius 1 is 1.41 bits per heavy atom. The number of primary amides is 1. The summed E-state index contributed by atoms with van der Waals surface area (Å²) in [5.74, 6) is 0.722. The van der Waals surface area contributed by atoms with Crippen molar-refractivity contribution in [3.05, 3.63) is 34.9 Å². The molecule has 1 amide bonds. The van der Waals surface area contributed by atoms with E-state index in [-0.39, 0.29) is 6.42 Å². The Labute approximate surface area is 131 Å². The minimum Gasteiger partial charge on any atom is -0.369 e. The molecular formula is C14H16N6OS. The third-order valence-electron chi connectivity index (χ3n) is 3.11. The fourth-order valence-corrected chi connectivity index (χ4v) is 3.12. The number of aryl methyl sites for hydroxylation is 1. The molecule has 0 saturated heterocycles. The zero-order valence-electron chi connectivity index (χ0n) is 12.3. The maximum atomic E-state index is 11.1. The van der Waals surface area contributed by atoms with Crippen LogP contribution in [0.2, 0.25) is 0 Å². The molecule has 0 saturated carbocycles. The first-order valence-electron chi connectivity index (χ1n) is 6.82. The summed E-state index contributed by atoms with van der Waals surface area (Å²) in [7, 11) is 1.84. The maximum absolute atomic E-state index is 11.1. The molecular weight excluding hydrogens is 300 g/mol. The highest BCUT2D eigenvalue weighted by Gasteiger charge is 2.13. The van der Waals surface area contributed by atoms with Gasteiger partial charge in [0.05, 0.1) is 33.9 Å². The highest BCUT2D eigenvalue weighted by molar-refractivity contribution is 7.18. The van der Waals surface area contributed by atoms with Crippen LogP contribution in [-0.4, -0.2) is 32.7 Å². The number of carbonyl (C=O) groups excluding carboxylic acids is 1. The zero-order valence-corrected chi connectivity index (χ0v) is 13.1. The lowest BCUT2D eigenvalue weighted by Gasteiger charge is -2.05. The van der Waals surface area contributed by atoms with Crippen LogP contribution in [0.15, 0.2) is 18.2 Å². The third kappa shape index (κ3) is 2.83. The quantitative estimate of drug-likeness (QED) is 0.729. The lowest BCUT2D eigenvalue weighted by atomic mass is 10.3. The third-order valence-corrected chi connectivity index (χ3v) is 4.04. The number of fused-ring (bicyclic) bond motifs is 1. The minimum absolute atomic E-state index is 0.0334. The van der Waals surface area contributed by atoms with Gasteiger partial charge in [0.2, 0.25) is 5.91 Å². The second-order valence-electron chi connectivity index (χ2n) is 4.91. The van der Waals surface area contributed by atoms with Gasteiger partial charge in [-0.25, -0.2) is 14.6 Å². The Morgan fingerprint density at radius 3 is 2.95 bits per heavy atom. The van der Waals surface area contributed by atoms with Crippen LogP contribution in [0, 0.1) is 6.92 Å². The van der Waals surface area contributed by atoms with Gasteiger partial charge >= 0.3 is 0 Å². The monoisotopic (exact) mass is 316 g/mol. The van der Waals surface area contributed by atoms with Gasteiger partial charge in [-0.2, -0.15) is 5.10 Å². The van der Waals surface area contributed by atoms with Gasteiger partial charge in [-0.1, -0.05) is 0 Å². The molecule has 0 bridgehead atoms. The molecule has 3 rings (SSSR count). The molecule has 0 atom stereocenters. The van der Waals surface area contributed by atoms with Crippen LogP contribution in [0.4, 0.5) is 0 Å². The molecule has 8 heteroatoms. The predicted molar refractivity (Wildman–Crippen MR) is 84.9 cm³/mol. The first-order valence-corrected chi connectivity index (χ1v) is 7.64. The molecule has 0 spiro atoms. The number of hydrogen-bond acceptors (Lipinski definition) is 6. The zero-order chi connectivity index (χ0) is 15.7. The van der Waals surface area contributed by atoms with Gasteiger partial charge in [0, 0.05) is 0 Å². The molecule has 0 fully saturated rings. The number of nitrogens with two attached hydrogens (primary N) is 1. The van der Waals surface area contributed by atoms with E-state index in [0.717, 1.165) is 26.7 Å². The van der Waals surface area contributed by atoms with Gasteiger partial charge in [0.25, 0.3) is 0 Å². The second kappa shape index (κ2) is 5.82. The molecule has 1 aromatic carbocycles. The molecule has 0 aliphatic heterocycles. The fourth-order valence-electron chi connectivity index (χ4n) is 2.26. The lowest BCUT2D eigenvalue weighted by Crippen LogP contribution is -2.14. The van der Waals surface area contributed by atoms with Crippen molar-refractivity contribution in [2.75, 3.05) is 7.05 Å². The van der Waals surface area contributed by atoms with Gasteiger partial charge in [0.15, 0.2) is 5.82 Å². The van der Waals surface area contributed by atoms with Gasteiger partial charge < -0.3 is 11.1 Å². The van der Waals surface area contributed by atoms with E-state index >= 15 is 0 Å². The van der Waals surface area contributed by atoms with E-state index in [0.29, 0.717) is 12.4 Å². The Balaban J connectivity index is 2.06. The van der Waals surface area contributed by atoms with Gasteiger partial charge in [-0.05, 0) is 32.2 Å². The smallest absolute Gasteiger partial charge is 0.225 e. The average molecular weight is 316 g/mol. The molecule has 0 unspecified atom stereocenters. The molecule has 0 aliphatic rings. The summed E-state index contributed by atoms with van der Waals surface area (Å²) in [5.41, 5.74) is 7.09. The highest BCUT2D eigenvalue weighted by atomic mass is 32.1. The minimum atomic E-state index is -0.443. The molecule has 114 valence electrons. The number of hydrogen-bond donors (Lipinski definition) is 2. The van der Waals surface area contributed by atoms with Crippen molar-refractivity contribution < 1.29 is 4.79 Å². The van der Waals surface area contributed by atoms with Crippen LogP contribution in [0.25, 0.3) is 15.9 Å². The van der Waals surface area contributed by atoms with E-state index in [1.54, 1.807) is 16.0 Å². The van der Waals surface area contributed by atoms with Crippen molar-refractivity contribution >= 4 is 27.5 Å². The Kier molecular flexibility index (Phi) is 3.86. The summed E-state index contributed by atoms with van der Waals surface area (Å²) < 4.78 is 2.83. The second-order valence-corrected chi connectivity index (χ2v) is 6.15. The number of benzene rings is 1.